The average molecular weight is 137 g/mol. The summed E-state index contributed by atoms with van der Waals surface area (Å²) in [6.45, 7) is 9.80. The monoisotopic (exact) mass is 137 g/mol. The summed E-state index contributed by atoms with van der Waals surface area (Å²) in [6.07, 6.45) is 1.80. The first-order chi connectivity index (χ1) is 4.52. The summed E-state index contributed by atoms with van der Waals surface area (Å²) in [5.74, 6) is 0. The maximum atomic E-state index is 8.65. The van der Waals surface area contributed by atoms with Gasteiger partial charge >= 0.3 is 0 Å². The summed E-state index contributed by atoms with van der Waals surface area (Å²) < 4.78 is 0. The van der Waals surface area contributed by atoms with Gasteiger partial charge < -0.3 is 0 Å². The van der Waals surface area contributed by atoms with Gasteiger partial charge in [0.05, 0.1) is 11.5 Å². The van der Waals surface area contributed by atoms with Gasteiger partial charge in [0.2, 0.25) is 0 Å². The Balaban J connectivity index is 3.92. The van der Waals surface area contributed by atoms with Crippen molar-refractivity contribution in [2.45, 2.75) is 33.6 Å². The lowest BCUT2D eigenvalue weighted by molar-refractivity contribution is 0.486. The lowest BCUT2D eigenvalue weighted by Gasteiger charge is -2.15. The number of hydrogen-bond acceptors (Lipinski definition) is 1. The Labute approximate surface area is 63.4 Å². The fourth-order valence-electron chi connectivity index (χ4n) is 0.790. The molecule has 0 atom stereocenters. The minimum atomic E-state index is -0.229. The minimum Gasteiger partial charge on any atom is -0.198 e. The number of nitriles is 1. The van der Waals surface area contributed by atoms with E-state index in [1.165, 1.54) is 0 Å². The van der Waals surface area contributed by atoms with Gasteiger partial charge in [-0.3, -0.25) is 0 Å². The summed E-state index contributed by atoms with van der Waals surface area (Å²) in [4.78, 5) is 0. The average Bonchev–Trinajstić information content (AvgIpc) is 1.87. The van der Waals surface area contributed by atoms with Gasteiger partial charge in [-0.25, -0.2) is 0 Å². The molecular weight excluding hydrogens is 122 g/mol. The molecule has 10 heavy (non-hydrogen) atoms. The molecule has 0 heterocycles. The molecule has 0 radical (unpaired) electrons. The molecule has 1 heteroatoms. The molecule has 0 aliphatic rings. The number of hydrogen-bond donors (Lipinski definition) is 0. The van der Waals surface area contributed by atoms with Crippen molar-refractivity contribution >= 4 is 0 Å². The summed E-state index contributed by atoms with van der Waals surface area (Å²) in [6, 6.07) is 2.25. The van der Waals surface area contributed by atoms with Crippen molar-refractivity contribution in [3.63, 3.8) is 0 Å². The molecule has 56 valence electrons. The molecule has 0 bridgehead atoms. The van der Waals surface area contributed by atoms with Crippen LogP contribution in [0, 0.1) is 16.7 Å². The standard InChI is InChI=1S/C9H15N/c1-5-8(2)6-9(3,4)7-10/h2,5-6H2,1,3-4H3. The predicted octanol–water partition coefficient (Wildman–Crippen LogP) is 2.89. The first kappa shape index (κ1) is 9.23. The number of allylic oxidation sites excluding steroid dienone is 1. The Morgan fingerprint density at radius 1 is 1.60 bits per heavy atom. The zero-order chi connectivity index (χ0) is 8.20. The van der Waals surface area contributed by atoms with E-state index in [-0.39, 0.29) is 5.41 Å². The lowest BCUT2D eigenvalue weighted by Crippen LogP contribution is -2.08. The van der Waals surface area contributed by atoms with Crippen molar-refractivity contribution in [1.29, 1.82) is 5.26 Å². The van der Waals surface area contributed by atoms with Gasteiger partial charge in [-0.1, -0.05) is 19.1 Å². The summed E-state index contributed by atoms with van der Waals surface area (Å²) >= 11 is 0. The van der Waals surface area contributed by atoms with Crippen molar-refractivity contribution in [2.24, 2.45) is 5.41 Å². The second-order valence-electron chi connectivity index (χ2n) is 3.28. The molecular formula is C9H15N. The molecule has 0 N–H and O–H groups in total. The molecule has 1 nitrogen and oxygen atoms in total. The summed E-state index contributed by atoms with van der Waals surface area (Å²) in [5, 5.41) is 8.65. The van der Waals surface area contributed by atoms with Crippen molar-refractivity contribution in [3.8, 4) is 6.07 Å². The smallest absolute Gasteiger partial charge is 0.0687 e. The highest BCUT2D eigenvalue weighted by atomic mass is 14.3. The molecule has 0 rings (SSSR count). The van der Waals surface area contributed by atoms with E-state index in [9.17, 15) is 0 Å². The fourth-order valence-corrected chi connectivity index (χ4v) is 0.790. The van der Waals surface area contributed by atoms with E-state index in [0.29, 0.717) is 0 Å². The molecule has 0 aliphatic heterocycles. The molecule has 0 amide bonds. The van der Waals surface area contributed by atoms with Gasteiger partial charge in [-0.05, 0) is 26.7 Å². The fraction of sp³-hybridized carbons (Fsp3) is 0.667. The largest absolute Gasteiger partial charge is 0.198 e. The normalized spacial score (nSPS) is 10.6. The molecule has 0 spiro atoms. The van der Waals surface area contributed by atoms with Crippen molar-refractivity contribution in [3.05, 3.63) is 12.2 Å². The van der Waals surface area contributed by atoms with Crippen LogP contribution in [0.3, 0.4) is 0 Å². The van der Waals surface area contributed by atoms with Gasteiger partial charge in [0.25, 0.3) is 0 Å². The summed E-state index contributed by atoms with van der Waals surface area (Å²) in [5.41, 5.74) is 0.930. The van der Waals surface area contributed by atoms with E-state index in [0.717, 1.165) is 18.4 Å². The van der Waals surface area contributed by atoms with E-state index in [4.69, 9.17) is 5.26 Å². The first-order valence-corrected chi connectivity index (χ1v) is 3.59. The number of rotatable bonds is 3. The van der Waals surface area contributed by atoms with E-state index in [2.05, 4.69) is 19.6 Å². The molecule has 0 aromatic heterocycles. The van der Waals surface area contributed by atoms with E-state index >= 15 is 0 Å². The molecule has 0 saturated carbocycles. The van der Waals surface area contributed by atoms with Crippen molar-refractivity contribution in [1.82, 2.24) is 0 Å². The van der Waals surface area contributed by atoms with Crippen LogP contribution in [-0.4, -0.2) is 0 Å². The number of nitrogens with zero attached hydrogens (tertiary/aromatic N) is 1. The Morgan fingerprint density at radius 2 is 2.10 bits per heavy atom. The Kier molecular flexibility index (Phi) is 3.15. The van der Waals surface area contributed by atoms with Crippen LogP contribution in [0.4, 0.5) is 0 Å². The van der Waals surface area contributed by atoms with Crippen molar-refractivity contribution in [2.75, 3.05) is 0 Å². The van der Waals surface area contributed by atoms with E-state index in [1.54, 1.807) is 0 Å². The maximum Gasteiger partial charge on any atom is 0.0687 e. The second kappa shape index (κ2) is 3.41. The van der Waals surface area contributed by atoms with Crippen LogP contribution in [-0.2, 0) is 0 Å². The highest BCUT2D eigenvalue weighted by Crippen LogP contribution is 2.24. The molecule has 0 saturated heterocycles. The van der Waals surface area contributed by atoms with Gasteiger partial charge in [0.1, 0.15) is 0 Å². The Bertz CT molecular complexity index is 160. The third-order valence-electron chi connectivity index (χ3n) is 1.49. The van der Waals surface area contributed by atoms with Crippen LogP contribution in [0.2, 0.25) is 0 Å². The molecule has 0 aliphatic carbocycles. The van der Waals surface area contributed by atoms with E-state index in [1.807, 2.05) is 13.8 Å². The quantitative estimate of drug-likeness (QED) is 0.549. The van der Waals surface area contributed by atoms with Crippen molar-refractivity contribution < 1.29 is 0 Å². The highest BCUT2D eigenvalue weighted by molar-refractivity contribution is 5.04. The van der Waals surface area contributed by atoms with Crippen LogP contribution in [0.25, 0.3) is 0 Å². The topological polar surface area (TPSA) is 23.8 Å². The second-order valence-corrected chi connectivity index (χ2v) is 3.28. The van der Waals surface area contributed by atoms with E-state index < -0.39 is 0 Å². The predicted molar refractivity (Wildman–Crippen MR) is 43.4 cm³/mol. The maximum absolute atomic E-state index is 8.65. The van der Waals surface area contributed by atoms with Crippen LogP contribution in [0.5, 0.6) is 0 Å². The zero-order valence-corrected chi connectivity index (χ0v) is 7.07. The van der Waals surface area contributed by atoms with Gasteiger partial charge in [0, 0.05) is 0 Å². The third-order valence-corrected chi connectivity index (χ3v) is 1.49. The minimum absolute atomic E-state index is 0.229. The molecule has 0 fully saturated rings. The molecule has 0 aromatic carbocycles. The van der Waals surface area contributed by atoms with Crippen LogP contribution in [0.15, 0.2) is 12.2 Å². The van der Waals surface area contributed by atoms with Crippen LogP contribution < -0.4 is 0 Å². The first-order valence-electron chi connectivity index (χ1n) is 3.59. The van der Waals surface area contributed by atoms with Gasteiger partial charge in [-0.2, -0.15) is 5.26 Å². The molecule has 0 aromatic rings. The van der Waals surface area contributed by atoms with Gasteiger partial charge in [0.15, 0.2) is 0 Å². The highest BCUT2D eigenvalue weighted by Gasteiger charge is 2.16. The van der Waals surface area contributed by atoms with Crippen LogP contribution >= 0.6 is 0 Å². The summed E-state index contributed by atoms with van der Waals surface area (Å²) in [7, 11) is 0. The van der Waals surface area contributed by atoms with Crippen LogP contribution in [0.1, 0.15) is 33.6 Å². The zero-order valence-electron chi connectivity index (χ0n) is 7.07. The van der Waals surface area contributed by atoms with Gasteiger partial charge in [-0.15, -0.1) is 0 Å². The Hall–Kier alpha value is -0.770. The Morgan fingerprint density at radius 3 is 2.40 bits per heavy atom. The SMILES string of the molecule is C=C(CC)CC(C)(C)C#N. The molecule has 0 unspecified atom stereocenters. The third kappa shape index (κ3) is 3.29. The lowest BCUT2D eigenvalue weighted by atomic mass is 9.87.